The molecule has 0 spiro atoms. The molecule has 184 valence electrons. The maximum atomic E-state index is 14.3. The lowest BCUT2D eigenvalue weighted by atomic mass is 9.79. The van der Waals surface area contributed by atoms with E-state index >= 15 is 0 Å². The van der Waals surface area contributed by atoms with Crippen LogP contribution in [0.4, 0.5) is 16.0 Å². The quantitative estimate of drug-likeness (QED) is 0.397. The summed E-state index contributed by atoms with van der Waals surface area (Å²) in [4.78, 5) is 24.7. The van der Waals surface area contributed by atoms with Gasteiger partial charge in [0.2, 0.25) is 0 Å². The molecule has 3 aromatic rings. The van der Waals surface area contributed by atoms with Crippen LogP contribution in [-0.4, -0.2) is 51.3 Å². The first-order valence-electron chi connectivity index (χ1n) is 12.3. The number of nitrogens with one attached hydrogen (secondary N) is 2. The van der Waals surface area contributed by atoms with Gasteiger partial charge in [-0.05, 0) is 68.2 Å². The Bertz CT molecular complexity index is 1200. The molecule has 0 saturated heterocycles. The molecule has 0 amide bonds. The van der Waals surface area contributed by atoms with E-state index in [4.69, 9.17) is 9.72 Å². The lowest BCUT2D eigenvalue weighted by Gasteiger charge is -2.35. The van der Waals surface area contributed by atoms with Crippen molar-refractivity contribution >= 4 is 28.5 Å². The van der Waals surface area contributed by atoms with Gasteiger partial charge in [0.05, 0.1) is 17.0 Å². The Labute approximate surface area is 203 Å². The third kappa shape index (κ3) is 5.51. The third-order valence-corrected chi connectivity index (χ3v) is 6.93. The number of benzene rings is 1. The minimum Gasteiger partial charge on any atom is -0.480 e. The van der Waals surface area contributed by atoms with Crippen molar-refractivity contribution in [3.8, 4) is 0 Å². The second-order valence-electron chi connectivity index (χ2n) is 9.39. The Balaban J connectivity index is 1.06. The second kappa shape index (κ2) is 10.5. The molecule has 1 unspecified atom stereocenters. The Kier molecular flexibility index (Phi) is 7.03. The van der Waals surface area contributed by atoms with Gasteiger partial charge in [-0.3, -0.25) is 0 Å². The van der Waals surface area contributed by atoms with Crippen LogP contribution in [0, 0.1) is 11.7 Å². The zero-order chi connectivity index (χ0) is 24.2. The van der Waals surface area contributed by atoms with Crippen LogP contribution in [0.2, 0.25) is 0 Å². The summed E-state index contributed by atoms with van der Waals surface area (Å²) in [5, 5.41) is 16.1. The molecule has 1 fully saturated rings. The monoisotopic (exact) mass is 479 g/mol. The van der Waals surface area contributed by atoms with Crippen molar-refractivity contribution in [3.63, 3.8) is 0 Å². The largest absolute Gasteiger partial charge is 0.480 e. The van der Waals surface area contributed by atoms with Crippen LogP contribution >= 0.6 is 0 Å². The van der Waals surface area contributed by atoms with Crippen molar-refractivity contribution < 1.29 is 19.0 Å². The average Bonchev–Trinajstić information content (AvgIpc) is 2.84. The summed E-state index contributed by atoms with van der Waals surface area (Å²) in [7, 11) is 0. The topological polar surface area (TPSA) is 109 Å². The molecule has 5 rings (SSSR count). The number of carboxylic acids is 1. The van der Waals surface area contributed by atoms with E-state index in [1.165, 1.54) is 18.0 Å². The summed E-state index contributed by atoms with van der Waals surface area (Å²) >= 11 is 0. The highest BCUT2D eigenvalue weighted by atomic mass is 19.1. The molecule has 2 aromatic heterocycles. The zero-order valence-corrected chi connectivity index (χ0v) is 19.5. The Morgan fingerprint density at radius 1 is 1.26 bits per heavy atom. The highest BCUT2D eigenvalue weighted by molar-refractivity contribution is 5.91. The van der Waals surface area contributed by atoms with E-state index < -0.39 is 17.8 Å². The molecule has 8 nitrogen and oxygen atoms in total. The smallest absolute Gasteiger partial charge is 0.326 e. The number of aromatic nitrogens is 3. The molecule has 1 aliphatic carbocycles. The molecule has 1 aromatic carbocycles. The number of anilines is 2. The first kappa shape index (κ1) is 23.4. The minimum atomic E-state index is -1.03. The molecule has 1 saturated carbocycles. The fraction of sp³-hybridized carbons (Fsp3) is 0.462. The number of hydrogen-bond donors (Lipinski definition) is 3. The molecule has 1 atom stereocenters. The molecule has 3 heterocycles. The predicted octanol–water partition coefficient (Wildman–Crippen LogP) is 4.21. The van der Waals surface area contributed by atoms with Crippen molar-refractivity contribution in [1.82, 2.24) is 15.0 Å². The number of carbonyl (C=O) groups is 1. The normalized spacial score (nSPS) is 19.9. The van der Waals surface area contributed by atoms with E-state index in [0.717, 1.165) is 56.6 Å². The number of aryl methyl sites for hydroxylation is 2. The average molecular weight is 480 g/mol. The van der Waals surface area contributed by atoms with Crippen LogP contribution < -0.4 is 10.6 Å². The highest BCUT2D eigenvalue weighted by Crippen LogP contribution is 2.34. The SMILES string of the molecule is O=C(O)C(CCOC1CC(CCc2ccc3c(n2)NCCC3)C1)Nc1ncnc2cccc(F)c12. The van der Waals surface area contributed by atoms with Crippen LogP contribution in [0.3, 0.4) is 0 Å². The van der Waals surface area contributed by atoms with Gasteiger partial charge in [-0.25, -0.2) is 24.1 Å². The summed E-state index contributed by atoms with van der Waals surface area (Å²) in [5.74, 6) is 0.302. The second-order valence-corrected chi connectivity index (χ2v) is 9.39. The highest BCUT2D eigenvalue weighted by Gasteiger charge is 2.30. The summed E-state index contributed by atoms with van der Waals surface area (Å²) in [5.41, 5.74) is 2.86. The fourth-order valence-electron chi connectivity index (χ4n) is 4.86. The molecule has 9 heteroatoms. The third-order valence-electron chi connectivity index (χ3n) is 6.93. The van der Waals surface area contributed by atoms with Crippen molar-refractivity contribution in [2.45, 2.75) is 57.1 Å². The lowest BCUT2D eigenvalue weighted by Crippen LogP contribution is -2.35. The predicted molar refractivity (Wildman–Crippen MR) is 131 cm³/mol. The number of fused-ring (bicyclic) bond motifs is 2. The van der Waals surface area contributed by atoms with Gasteiger partial charge in [0.15, 0.2) is 0 Å². The minimum absolute atomic E-state index is 0.157. The van der Waals surface area contributed by atoms with Gasteiger partial charge in [0.1, 0.15) is 29.8 Å². The number of ether oxygens (including phenoxy) is 1. The molecule has 1 aliphatic heterocycles. The number of pyridine rings is 1. The van der Waals surface area contributed by atoms with Gasteiger partial charge in [-0.2, -0.15) is 0 Å². The number of aliphatic carboxylic acids is 1. The van der Waals surface area contributed by atoms with Crippen LogP contribution in [0.25, 0.3) is 10.9 Å². The molecule has 35 heavy (non-hydrogen) atoms. The van der Waals surface area contributed by atoms with E-state index in [1.54, 1.807) is 12.1 Å². The van der Waals surface area contributed by atoms with Crippen molar-refractivity contribution in [2.75, 3.05) is 23.8 Å². The van der Waals surface area contributed by atoms with Crippen LogP contribution in [0.5, 0.6) is 0 Å². The standard InChI is InChI=1S/C26H30FN5O3/c27-20-4-1-5-21-23(20)25(30-15-29-21)32-22(26(33)34)10-12-35-19-13-16(14-19)6-8-18-9-7-17-3-2-11-28-24(17)31-18/h1,4-5,7,9,15-16,19,22H,2-3,6,8,10-14H2,(H,28,31)(H,33,34)(H,29,30,32). The number of halogens is 1. The van der Waals surface area contributed by atoms with E-state index in [2.05, 4.69) is 32.7 Å². The van der Waals surface area contributed by atoms with Crippen molar-refractivity contribution in [3.05, 3.63) is 53.7 Å². The van der Waals surface area contributed by atoms with Crippen molar-refractivity contribution in [2.24, 2.45) is 5.92 Å². The number of hydrogen-bond acceptors (Lipinski definition) is 7. The van der Waals surface area contributed by atoms with Crippen LogP contribution in [-0.2, 0) is 22.4 Å². The number of nitrogens with zero attached hydrogens (tertiary/aromatic N) is 3. The van der Waals surface area contributed by atoms with E-state index in [-0.39, 0.29) is 23.7 Å². The van der Waals surface area contributed by atoms with E-state index in [9.17, 15) is 14.3 Å². The maximum absolute atomic E-state index is 14.3. The molecule has 0 bridgehead atoms. The van der Waals surface area contributed by atoms with Gasteiger partial charge in [-0.15, -0.1) is 0 Å². The Morgan fingerprint density at radius 2 is 2.14 bits per heavy atom. The summed E-state index contributed by atoms with van der Waals surface area (Å²) in [6, 6.07) is 7.93. The number of carboxylic acid groups (broad SMARTS) is 1. The van der Waals surface area contributed by atoms with Gasteiger partial charge < -0.3 is 20.5 Å². The molecule has 0 radical (unpaired) electrons. The Hall–Kier alpha value is -3.33. The fourth-order valence-corrected chi connectivity index (χ4v) is 4.86. The first-order chi connectivity index (χ1) is 17.1. The summed E-state index contributed by atoms with van der Waals surface area (Å²) < 4.78 is 20.2. The van der Waals surface area contributed by atoms with E-state index in [0.29, 0.717) is 18.0 Å². The molecule has 3 N–H and O–H groups in total. The van der Waals surface area contributed by atoms with Gasteiger partial charge >= 0.3 is 5.97 Å². The Morgan fingerprint density at radius 3 is 3.00 bits per heavy atom. The molecular weight excluding hydrogens is 449 g/mol. The van der Waals surface area contributed by atoms with Gasteiger partial charge in [-0.1, -0.05) is 12.1 Å². The first-order valence-corrected chi connectivity index (χ1v) is 12.3. The lowest BCUT2D eigenvalue weighted by molar-refractivity contribution is -0.138. The molecular formula is C26H30FN5O3. The molecule has 2 aliphatic rings. The van der Waals surface area contributed by atoms with Crippen LogP contribution in [0.15, 0.2) is 36.7 Å². The number of rotatable bonds is 10. The van der Waals surface area contributed by atoms with Gasteiger partial charge in [0, 0.05) is 25.3 Å². The van der Waals surface area contributed by atoms with Gasteiger partial charge in [0.25, 0.3) is 0 Å². The van der Waals surface area contributed by atoms with E-state index in [1.807, 2.05) is 0 Å². The van der Waals surface area contributed by atoms with Crippen LogP contribution in [0.1, 0.15) is 43.4 Å². The zero-order valence-electron chi connectivity index (χ0n) is 19.5. The summed E-state index contributed by atoms with van der Waals surface area (Å²) in [6.45, 7) is 1.31. The maximum Gasteiger partial charge on any atom is 0.326 e. The van der Waals surface area contributed by atoms with Crippen molar-refractivity contribution in [1.29, 1.82) is 0 Å². The summed E-state index contributed by atoms with van der Waals surface area (Å²) in [6.07, 6.45) is 7.97.